The number of ether oxygens (including phenoxy) is 1. The van der Waals surface area contributed by atoms with Crippen LogP contribution in [0.3, 0.4) is 0 Å². The third-order valence-electron chi connectivity index (χ3n) is 3.75. The minimum absolute atomic E-state index is 0.123. The van der Waals surface area contributed by atoms with Crippen LogP contribution in [0.5, 0.6) is 5.75 Å². The molecule has 2 aromatic rings. The summed E-state index contributed by atoms with van der Waals surface area (Å²) in [6.45, 7) is 10.1. The molecule has 0 saturated carbocycles. The van der Waals surface area contributed by atoms with Crippen LogP contribution < -0.4 is 4.74 Å². The second-order valence-electron chi connectivity index (χ2n) is 6.64. The first-order valence-corrected chi connectivity index (χ1v) is 8.12. The number of rotatable bonds is 5. The van der Waals surface area contributed by atoms with Crippen molar-refractivity contribution in [3.05, 3.63) is 77.9 Å². The van der Waals surface area contributed by atoms with Crippen molar-refractivity contribution in [2.24, 2.45) is 0 Å². The van der Waals surface area contributed by atoms with Gasteiger partial charge in [0.25, 0.3) is 0 Å². The van der Waals surface area contributed by atoms with E-state index >= 15 is 0 Å². The molecule has 0 aromatic heterocycles. The zero-order valence-electron chi connectivity index (χ0n) is 15.6. The van der Waals surface area contributed by atoms with E-state index in [-0.39, 0.29) is 11.0 Å². The number of carboxylic acid groups (broad SMARTS) is 1. The molecular formula is C21H26O5. The molecule has 0 unspecified atom stereocenters. The third kappa shape index (κ3) is 6.70. The summed E-state index contributed by atoms with van der Waals surface area (Å²) in [5.41, 5.74) is 2.41. The number of carboxylic acids is 1. The van der Waals surface area contributed by atoms with Gasteiger partial charge >= 0.3 is 11.9 Å². The Labute approximate surface area is 154 Å². The standard InChI is InChI=1S/C17H20O3.C4H6O2/c1-16(2,13-7-5-4-6-8-13)14-9-11-15(12-10-14)20-17(3,18)19;1-3(2)4(5)6/h4-12,18-19H,1-3H3;1H2,2H3,(H,5,6). The summed E-state index contributed by atoms with van der Waals surface area (Å²) in [5, 5.41) is 26.3. The molecule has 140 valence electrons. The highest BCUT2D eigenvalue weighted by Gasteiger charge is 2.23. The molecule has 0 aliphatic rings. The van der Waals surface area contributed by atoms with Crippen LogP contribution in [-0.4, -0.2) is 27.3 Å². The second kappa shape index (κ2) is 8.65. The molecular weight excluding hydrogens is 332 g/mol. The highest BCUT2D eigenvalue weighted by atomic mass is 16.8. The lowest BCUT2D eigenvalue weighted by Gasteiger charge is -2.26. The van der Waals surface area contributed by atoms with Crippen molar-refractivity contribution in [3.8, 4) is 5.75 Å². The van der Waals surface area contributed by atoms with E-state index in [0.29, 0.717) is 5.75 Å². The lowest BCUT2D eigenvalue weighted by Crippen LogP contribution is -2.30. The molecule has 0 atom stereocenters. The molecule has 0 fully saturated rings. The lowest BCUT2D eigenvalue weighted by atomic mass is 9.78. The molecule has 0 radical (unpaired) electrons. The molecule has 0 bridgehead atoms. The van der Waals surface area contributed by atoms with E-state index in [1.807, 2.05) is 30.3 Å². The van der Waals surface area contributed by atoms with Gasteiger partial charge in [0.15, 0.2) is 0 Å². The zero-order valence-corrected chi connectivity index (χ0v) is 15.6. The van der Waals surface area contributed by atoms with Gasteiger partial charge in [-0.25, -0.2) is 4.79 Å². The molecule has 0 spiro atoms. The van der Waals surface area contributed by atoms with Crippen LogP contribution in [-0.2, 0) is 10.2 Å². The minimum atomic E-state index is -2.16. The highest BCUT2D eigenvalue weighted by Crippen LogP contribution is 2.32. The fraction of sp³-hybridized carbons (Fsp3) is 0.286. The summed E-state index contributed by atoms with van der Waals surface area (Å²) in [6, 6.07) is 17.6. The first-order chi connectivity index (χ1) is 11.9. The predicted molar refractivity (Wildman–Crippen MR) is 101 cm³/mol. The van der Waals surface area contributed by atoms with Crippen LogP contribution in [0.2, 0.25) is 0 Å². The summed E-state index contributed by atoms with van der Waals surface area (Å²) >= 11 is 0. The van der Waals surface area contributed by atoms with Gasteiger partial charge in [0.1, 0.15) is 5.75 Å². The maximum Gasteiger partial charge on any atom is 0.330 e. The Hall–Kier alpha value is -2.63. The van der Waals surface area contributed by atoms with Gasteiger partial charge in [0, 0.05) is 17.9 Å². The molecule has 5 heteroatoms. The smallest absolute Gasteiger partial charge is 0.330 e. The van der Waals surface area contributed by atoms with Crippen molar-refractivity contribution < 1.29 is 24.9 Å². The number of aliphatic hydroxyl groups is 2. The normalized spacial score (nSPS) is 11.2. The Morgan fingerprint density at radius 2 is 1.35 bits per heavy atom. The quantitative estimate of drug-likeness (QED) is 0.560. The Morgan fingerprint density at radius 1 is 0.923 bits per heavy atom. The van der Waals surface area contributed by atoms with E-state index in [1.54, 1.807) is 12.1 Å². The molecule has 0 saturated heterocycles. The Balaban J connectivity index is 0.000000487. The monoisotopic (exact) mass is 358 g/mol. The van der Waals surface area contributed by atoms with Gasteiger partial charge in [-0.1, -0.05) is 62.9 Å². The summed E-state index contributed by atoms with van der Waals surface area (Å²) in [6.07, 6.45) is 0. The van der Waals surface area contributed by atoms with Crippen LogP contribution in [0.1, 0.15) is 38.8 Å². The van der Waals surface area contributed by atoms with Gasteiger partial charge in [0.2, 0.25) is 0 Å². The average Bonchev–Trinajstić information content (AvgIpc) is 2.55. The summed E-state index contributed by atoms with van der Waals surface area (Å²) < 4.78 is 4.99. The molecule has 3 N–H and O–H groups in total. The number of benzene rings is 2. The largest absolute Gasteiger partial charge is 0.478 e. The third-order valence-corrected chi connectivity index (χ3v) is 3.75. The maximum absolute atomic E-state index is 9.60. The van der Waals surface area contributed by atoms with Crippen LogP contribution in [0.15, 0.2) is 66.7 Å². The van der Waals surface area contributed by atoms with E-state index in [2.05, 4.69) is 32.6 Å². The van der Waals surface area contributed by atoms with Gasteiger partial charge in [-0.05, 0) is 30.2 Å². The van der Waals surface area contributed by atoms with Crippen LogP contribution >= 0.6 is 0 Å². The zero-order chi connectivity index (χ0) is 20.0. The van der Waals surface area contributed by atoms with Crippen LogP contribution in [0.25, 0.3) is 0 Å². The van der Waals surface area contributed by atoms with Crippen molar-refractivity contribution in [2.75, 3.05) is 0 Å². The van der Waals surface area contributed by atoms with Crippen molar-refractivity contribution in [3.63, 3.8) is 0 Å². The fourth-order valence-electron chi connectivity index (χ4n) is 2.18. The van der Waals surface area contributed by atoms with Crippen molar-refractivity contribution in [1.29, 1.82) is 0 Å². The van der Waals surface area contributed by atoms with E-state index in [0.717, 1.165) is 5.56 Å². The van der Waals surface area contributed by atoms with E-state index in [1.165, 1.54) is 19.4 Å². The van der Waals surface area contributed by atoms with E-state index < -0.39 is 11.9 Å². The maximum atomic E-state index is 9.60. The van der Waals surface area contributed by atoms with Gasteiger partial charge in [-0.2, -0.15) is 0 Å². The molecule has 26 heavy (non-hydrogen) atoms. The Bertz CT molecular complexity index is 713. The number of carbonyl (C=O) groups is 1. The number of hydrogen-bond acceptors (Lipinski definition) is 4. The first-order valence-electron chi connectivity index (χ1n) is 8.12. The number of hydrogen-bond donors (Lipinski definition) is 3. The van der Waals surface area contributed by atoms with Crippen molar-refractivity contribution in [1.82, 2.24) is 0 Å². The average molecular weight is 358 g/mol. The molecule has 0 heterocycles. The molecule has 0 aliphatic carbocycles. The first kappa shape index (κ1) is 21.4. The van der Waals surface area contributed by atoms with Gasteiger partial charge in [0.05, 0.1) is 0 Å². The molecule has 5 nitrogen and oxygen atoms in total. The number of aliphatic carboxylic acids is 1. The Morgan fingerprint density at radius 3 is 1.73 bits per heavy atom. The fourth-order valence-corrected chi connectivity index (χ4v) is 2.18. The predicted octanol–water partition coefficient (Wildman–Crippen LogP) is 3.70. The lowest BCUT2D eigenvalue weighted by molar-refractivity contribution is -0.277. The topological polar surface area (TPSA) is 87.0 Å². The summed E-state index contributed by atoms with van der Waals surface area (Å²) in [5.74, 6) is -2.67. The SMILES string of the molecule is C=C(C)C(=O)O.CC(O)(O)Oc1ccc(C(C)(C)c2ccccc2)cc1. The van der Waals surface area contributed by atoms with E-state index in [9.17, 15) is 15.0 Å². The second-order valence-corrected chi connectivity index (χ2v) is 6.64. The minimum Gasteiger partial charge on any atom is -0.478 e. The molecule has 0 aliphatic heterocycles. The van der Waals surface area contributed by atoms with Gasteiger partial charge in [-0.15, -0.1) is 0 Å². The summed E-state index contributed by atoms with van der Waals surface area (Å²) in [4.78, 5) is 9.60. The Kier molecular flexibility index (Phi) is 7.12. The molecule has 2 rings (SSSR count). The highest BCUT2D eigenvalue weighted by molar-refractivity contribution is 5.84. The van der Waals surface area contributed by atoms with Gasteiger partial charge < -0.3 is 20.1 Å². The van der Waals surface area contributed by atoms with Crippen molar-refractivity contribution >= 4 is 5.97 Å². The van der Waals surface area contributed by atoms with E-state index in [4.69, 9.17) is 9.84 Å². The summed E-state index contributed by atoms with van der Waals surface area (Å²) in [7, 11) is 0. The molecule has 0 amide bonds. The van der Waals surface area contributed by atoms with Crippen LogP contribution in [0, 0.1) is 0 Å². The van der Waals surface area contributed by atoms with Gasteiger partial charge in [-0.3, -0.25) is 0 Å². The van der Waals surface area contributed by atoms with Crippen molar-refractivity contribution in [2.45, 2.75) is 39.1 Å². The molecule has 2 aromatic carbocycles. The van der Waals surface area contributed by atoms with Crippen LogP contribution in [0.4, 0.5) is 0 Å².